The number of aliphatic carboxylic acids is 1. The zero-order valence-corrected chi connectivity index (χ0v) is 15.0. The zero-order valence-electron chi connectivity index (χ0n) is 15.0. The van der Waals surface area contributed by atoms with Gasteiger partial charge in [0.2, 0.25) is 0 Å². The number of carboxylic acids is 1. The third kappa shape index (κ3) is 2.68. The van der Waals surface area contributed by atoms with Crippen LogP contribution in [0.4, 0.5) is 0 Å². The van der Waals surface area contributed by atoms with Crippen molar-refractivity contribution in [2.45, 2.75) is 25.7 Å². The second-order valence-electron chi connectivity index (χ2n) is 7.48. The zero-order chi connectivity index (χ0) is 18.3. The largest absolute Gasteiger partial charge is 0.478 e. The van der Waals surface area contributed by atoms with Gasteiger partial charge in [0.05, 0.1) is 5.69 Å². The summed E-state index contributed by atoms with van der Waals surface area (Å²) in [6.45, 7) is 4.99. The molecule has 3 N–H and O–H groups in total. The topological polar surface area (TPSA) is 65.1 Å². The van der Waals surface area contributed by atoms with E-state index >= 15 is 0 Å². The molecule has 0 aliphatic carbocycles. The number of hydrogen-bond donors (Lipinski definition) is 3. The summed E-state index contributed by atoms with van der Waals surface area (Å²) >= 11 is 0. The van der Waals surface area contributed by atoms with E-state index in [0.717, 1.165) is 33.4 Å². The first-order valence-electron chi connectivity index (χ1n) is 8.83. The lowest BCUT2D eigenvalue weighted by molar-refractivity contribution is -0.130. The van der Waals surface area contributed by atoms with Crippen LogP contribution in [-0.4, -0.2) is 22.6 Å². The molecule has 0 fully saturated rings. The molecule has 0 unspecified atom stereocenters. The van der Waals surface area contributed by atoms with Crippen molar-refractivity contribution >= 4 is 22.4 Å². The molecule has 0 spiro atoms. The van der Waals surface area contributed by atoms with Gasteiger partial charge in [0.25, 0.3) is 0 Å². The minimum Gasteiger partial charge on any atom is -0.478 e. The molecule has 0 saturated carbocycles. The minimum absolute atomic E-state index is 0.200. The Kier molecular flexibility index (Phi) is 3.83. The van der Waals surface area contributed by atoms with Crippen LogP contribution in [0, 0.1) is 0 Å². The van der Waals surface area contributed by atoms with Crippen molar-refractivity contribution in [1.82, 2.24) is 10.3 Å². The van der Waals surface area contributed by atoms with E-state index in [0.29, 0.717) is 18.5 Å². The van der Waals surface area contributed by atoms with Crippen LogP contribution < -0.4 is 5.32 Å². The van der Waals surface area contributed by atoms with E-state index in [4.69, 9.17) is 0 Å². The van der Waals surface area contributed by atoms with E-state index < -0.39 is 5.97 Å². The summed E-state index contributed by atoms with van der Waals surface area (Å²) < 4.78 is 0. The van der Waals surface area contributed by atoms with Crippen molar-refractivity contribution in [3.8, 4) is 0 Å². The fourth-order valence-corrected chi connectivity index (χ4v) is 3.87. The summed E-state index contributed by atoms with van der Waals surface area (Å²) in [5.74, 6) is -0.908. The van der Waals surface area contributed by atoms with Gasteiger partial charge >= 0.3 is 5.97 Å². The predicted octanol–water partition coefficient (Wildman–Crippen LogP) is 4.09. The number of carbonyl (C=O) groups is 1. The van der Waals surface area contributed by atoms with E-state index in [-0.39, 0.29) is 5.41 Å². The maximum absolute atomic E-state index is 12.2. The Labute approximate surface area is 152 Å². The minimum atomic E-state index is -0.908. The van der Waals surface area contributed by atoms with Crippen LogP contribution in [0.2, 0.25) is 0 Å². The highest BCUT2D eigenvalue weighted by Crippen LogP contribution is 2.39. The van der Waals surface area contributed by atoms with Gasteiger partial charge in [-0.05, 0) is 17.2 Å². The number of H-pyrrole nitrogens is 1. The molecule has 3 aromatic rings. The molecule has 0 bridgehead atoms. The first-order valence-corrected chi connectivity index (χ1v) is 8.83. The summed E-state index contributed by atoms with van der Waals surface area (Å²) in [5.41, 5.74) is 4.75. The van der Waals surface area contributed by atoms with E-state index in [1.54, 1.807) is 0 Å². The third-order valence-electron chi connectivity index (χ3n) is 5.12. The lowest BCUT2D eigenvalue weighted by atomic mass is 9.82. The lowest BCUT2D eigenvalue weighted by Gasteiger charge is -2.25. The van der Waals surface area contributed by atoms with E-state index in [1.807, 2.05) is 48.5 Å². The summed E-state index contributed by atoms with van der Waals surface area (Å²) in [7, 11) is 0. The molecule has 0 radical (unpaired) electrons. The summed E-state index contributed by atoms with van der Waals surface area (Å²) in [5, 5.41) is 14.6. The monoisotopic (exact) mass is 346 g/mol. The van der Waals surface area contributed by atoms with Gasteiger partial charge in [-0.3, -0.25) is 0 Å². The molecule has 2 aromatic carbocycles. The van der Waals surface area contributed by atoms with Crippen LogP contribution in [-0.2, 0) is 16.6 Å². The number of allylic oxidation sites excluding steroid dienone is 1. The molecular weight excluding hydrogens is 324 g/mol. The van der Waals surface area contributed by atoms with Gasteiger partial charge in [-0.25, -0.2) is 4.79 Å². The molecule has 0 saturated heterocycles. The summed E-state index contributed by atoms with van der Waals surface area (Å²) in [6, 6.07) is 18.0. The third-order valence-corrected chi connectivity index (χ3v) is 5.12. The molecule has 4 heteroatoms. The van der Waals surface area contributed by atoms with Crippen LogP contribution in [0.5, 0.6) is 0 Å². The normalized spacial score (nSPS) is 16.1. The molecule has 1 aliphatic heterocycles. The smallest absolute Gasteiger partial charge is 0.339 e. The molecule has 4 rings (SSSR count). The molecule has 4 nitrogen and oxygen atoms in total. The number of para-hydroxylation sites is 1. The number of aromatic amines is 1. The second kappa shape index (κ2) is 6.06. The second-order valence-corrected chi connectivity index (χ2v) is 7.48. The Bertz CT molecular complexity index is 1010. The quantitative estimate of drug-likeness (QED) is 0.669. The summed E-state index contributed by atoms with van der Waals surface area (Å²) in [4.78, 5) is 15.6. The number of hydrogen-bond acceptors (Lipinski definition) is 2. The highest BCUT2D eigenvalue weighted by molar-refractivity contribution is 6.18. The number of fused-ring (bicyclic) bond motifs is 3. The standard InChI is InChI=1S/C22H22N2O2/c1-22(2)13-23-17(12-14-8-4-3-5-9-14)18(21(25)26)20-19(22)15-10-6-7-11-16(15)24-20/h3-11,23-24H,12-13H2,1-2H3,(H,25,26). The maximum atomic E-state index is 12.2. The average Bonchev–Trinajstić information content (AvgIpc) is 2.95. The van der Waals surface area contributed by atoms with Crippen LogP contribution in [0.25, 0.3) is 16.5 Å². The molecular formula is C22H22N2O2. The van der Waals surface area contributed by atoms with Gasteiger partial charge in [0.15, 0.2) is 0 Å². The first kappa shape index (κ1) is 16.5. The Hall–Kier alpha value is -3.01. The SMILES string of the molecule is CC1(C)CNC(Cc2ccccc2)=C(C(=O)O)c2[nH]c3ccccc3c21. The fourth-order valence-electron chi connectivity index (χ4n) is 3.87. The predicted molar refractivity (Wildman–Crippen MR) is 104 cm³/mol. The molecule has 132 valence electrons. The molecule has 26 heavy (non-hydrogen) atoms. The Morgan fingerprint density at radius 3 is 2.50 bits per heavy atom. The first-order chi connectivity index (χ1) is 12.5. The van der Waals surface area contributed by atoms with Crippen molar-refractivity contribution in [2.75, 3.05) is 6.54 Å². The van der Waals surface area contributed by atoms with Crippen molar-refractivity contribution in [1.29, 1.82) is 0 Å². The fraction of sp³-hybridized carbons (Fsp3) is 0.227. The van der Waals surface area contributed by atoms with Gasteiger partial charge in [0, 0.05) is 35.0 Å². The number of benzene rings is 2. The molecule has 1 aromatic heterocycles. The van der Waals surface area contributed by atoms with Crippen molar-refractivity contribution in [2.24, 2.45) is 0 Å². The van der Waals surface area contributed by atoms with Crippen molar-refractivity contribution < 1.29 is 9.90 Å². The van der Waals surface area contributed by atoms with Gasteiger partial charge < -0.3 is 15.4 Å². The van der Waals surface area contributed by atoms with E-state index in [9.17, 15) is 9.90 Å². The maximum Gasteiger partial charge on any atom is 0.339 e. The molecule has 1 aliphatic rings. The van der Waals surface area contributed by atoms with Crippen LogP contribution >= 0.6 is 0 Å². The average molecular weight is 346 g/mol. The van der Waals surface area contributed by atoms with Crippen molar-refractivity contribution in [3.05, 3.63) is 77.1 Å². The molecule has 2 heterocycles. The van der Waals surface area contributed by atoms with E-state index in [2.05, 4.69) is 30.2 Å². The van der Waals surface area contributed by atoms with Gasteiger partial charge in [-0.1, -0.05) is 62.4 Å². The van der Waals surface area contributed by atoms with Crippen LogP contribution in [0.1, 0.15) is 30.7 Å². The van der Waals surface area contributed by atoms with Crippen molar-refractivity contribution in [3.63, 3.8) is 0 Å². The lowest BCUT2D eigenvalue weighted by Crippen LogP contribution is -2.31. The highest BCUT2D eigenvalue weighted by Gasteiger charge is 2.35. The summed E-state index contributed by atoms with van der Waals surface area (Å²) in [6.07, 6.45) is 0.563. The Balaban J connectivity index is 1.96. The van der Waals surface area contributed by atoms with Crippen LogP contribution in [0.3, 0.4) is 0 Å². The van der Waals surface area contributed by atoms with Gasteiger partial charge in [-0.15, -0.1) is 0 Å². The Morgan fingerprint density at radius 2 is 1.77 bits per heavy atom. The van der Waals surface area contributed by atoms with Crippen LogP contribution in [0.15, 0.2) is 60.3 Å². The Morgan fingerprint density at radius 1 is 1.08 bits per heavy atom. The van der Waals surface area contributed by atoms with Gasteiger partial charge in [0.1, 0.15) is 5.57 Å². The molecule has 0 amide bonds. The van der Waals surface area contributed by atoms with E-state index in [1.165, 1.54) is 0 Å². The number of nitrogens with one attached hydrogen (secondary N) is 2. The molecule has 0 atom stereocenters. The number of carboxylic acid groups (broad SMARTS) is 1. The number of aromatic nitrogens is 1. The highest BCUT2D eigenvalue weighted by atomic mass is 16.4. The number of rotatable bonds is 3. The van der Waals surface area contributed by atoms with Gasteiger partial charge in [-0.2, -0.15) is 0 Å².